The van der Waals surface area contributed by atoms with Gasteiger partial charge in [-0.1, -0.05) is 28.1 Å². The maximum Gasteiger partial charge on any atom is 0.0923 e. The van der Waals surface area contributed by atoms with Gasteiger partial charge in [0.25, 0.3) is 0 Å². The summed E-state index contributed by atoms with van der Waals surface area (Å²) in [4.78, 5) is 2.62. The molecule has 0 spiro atoms. The molecule has 22 heavy (non-hydrogen) atoms. The second-order valence-electron chi connectivity index (χ2n) is 5.08. The summed E-state index contributed by atoms with van der Waals surface area (Å²) in [6.07, 6.45) is 0.955. The highest BCUT2D eigenvalue weighted by molar-refractivity contribution is 9.10. The molecule has 0 unspecified atom stereocenters. The molecule has 3 heterocycles. The van der Waals surface area contributed by atoms with Gasteiger partial charge in [0.15, 0.2) is 0 Å². The minimum Gasteiger partial charge on any atom is -0.257 e. The van der Waals surface area contributed by atoms with E-state index >= 15 is 0 Å². The SMILES string of the molecule is Brc1ccc(N2N=C(c3cccs3)C[C@H]2c2cccs2)cc1. The Hall–Kier alpha value is -1.43. The largest absolute Gasteiger partial charge is 0.257 e. The van der Waals surface area contributed by atoms with Gasteiger partial charge in [-0.05, 0) is 47.2 Å². The lowest BCUT2D eigenvalue weighted by atomic mass is 10.1. The molecule has 4 rings (SSSR count). The highest BCUT2D eigenvalue weighted by Crippen LogP contribution is 2.39. The van der Waals surface area contributed by atoms with Crippen LogP contribution in [0.3, 0.4) is 0 Å². The van der Waals surface area contributed by atoms with Gasteiger partial charge >= 0.3 is 0 Å². The number of benzene rings is 1. The van der Waals surface area contributed by atoms with Crippen LogP contribution in [0.25, 0.3) is 0 Å². The lowest BCUT2D eigenvalue weighted by Crippen LogP contribution is -2.17. The first-order valence-corrected chi connectivity index (χ1v) is 9.56. The summed E-state index contributed by atoms with van der Waals surface area (Å²) in [5.41, 5.74) is 2.31. The van der Waals surface area contributed by atoms with Gasteiger partial charge in [0.05, 0.1) is 22.3 Å². The maximum absolute atomic E-state index is 4.92. The molecule has 2 aromatic heterocycles. The first-order chi connectivity index (χ1) is 10.8. The van der Waals surface area contributed by atoms with Gasteiger partial charge in [-0.15, -0.1) is 22.7 Å². The topological polar surface area (TPSA) is 15.6 Å². The smallest absolute Gasteiger partial charge is 0.0923 e. The molecular formula is C17H13BrN2S2. The van der Waals surface area contributed by atoms with Crippen molar-refractivity contribution < 1.29 is 0 Å². The van der Waals surface area contributed by atoms with Crippen molar-refractivity contribution >= 4 is 50.0 Å². The van der Waals surface area contributed by atoms with E-state index in [2.05, 4.69) is 80.2 Å². The fourth-order valence-corrected chi connectivity index (χ4v) is 4.43. The molecule has 3 aromatic rings. The summed E-state index contributed by atoms with van der Waals surface area (Å²) in [5.74, 6) is 0. The molecule has 0 bridgehead atoms. The molecule has 0 saturated heterocycles. The van der Waals surface area contributed by atoms with Crippen molar-refractivity contribution in [3.63, 3.8) is 0 Å². The average molecular weight is 389 g/mol. The summed E-state index contributed by atoms with van der Waals surface area (Å²) in [5, 5.41) is 11.3. The Balaban J connectivity index is 1.74. The first-order valence-electron chi connectivity index (χ1n) is 7.01. The third-order valence-electron chi connectivity index (χ3n) is 3.68. The van der Waals surface area contributed by atoms with Crippen LogP contribution in [0, 0.1) is 0 Å². The van der Waals surface area contributed by atoms with Crippen LogP contribution in [0.15, 0.2) is 68.9 Å². The Bertz CT molecular complexity index is 777. The van der Waals surface area contributed by atoms with E-state index in [-0.39, 0.29) is 0 Å². The summed E-state index contributed by atoms with van der Waals surface area (Å²) in [6.45, 7) is 0. The second-order valence-corrected chi connectivity index (χ2v) is 7.92. The van der Waals surface area contributed by atoms with Gasteiger partial charge in [-0.25, -0.2) is 0 Å². The fourth-order valence-electron chi connectivity index (χ4n) is 2.64. The highest BCUT2D eigenvalue weighted by atomic mass is 79.9. The first kappa shape index (κ1) is 14.2. The summed E-state index contributed by atoms with van der Waals surface area (Å²) in [6, 6.07) is 17.2. The van der Waals surface area contributed by atoms with Crippen LogP contribution in [0.1, 0.15) is 22.2 Å². The minimum atomic E-state index is 0.290. The molecular weight excluding hydrogens is 376 g/mol. The molecule has 0 N–H and O–H groups in total. The van der Waals surface area contributed by atoms with E-state index in [0.717, 1.165) is 16.6 Å². The van der Waals surface area contributed by atoms with Crippen LogP contribution in [0.4, 0.5) is 5.69 Å². The van der Waals surface area contributed by atoms with Crippen molar-refractivity contribution in [1.82, 2.24) is 0 Å². The second kappa shape index (κ2) is 5.99. The number of hydrogen-bond donors (Lipinski definition) is 0. The fraction of sp³-hybridized carbons (Fsp3) is 0.118. The van der Waals surface area contributed by atoms with E-state index in [9.17, 15) is 0 Å². The monoisotopic (exact) mass is 388 g/mol. The third-order valence-corrected chi connectivity index (χ3v) is 6.10. The van der Waals surface area contributed by atoms with Crippen LogP contribution in [0.2, 0.25) is 0 Å². The van der Waals surface area contributed by atoms with Gasteiger partial charge in [-0.2, -0.15) is 5.10 Å². The van der Waals surface area contributed by atoms with Crippen LogP contribution in [-0.2, 0) is 0 Å². The van der Waals surface area contributed by atoms with Crippen LogP contribution in [0.5, 0.6) is 0 Å². The van der Waals surface area contributed by atoms with Crippen molar-refractivity contribution in [2.75, 3.05) is 5.01 Å². The molecule has 1 atom stereocenters. The third kappa shape index (κ3) is 2.64. The van der Waals surface area contributed by atoms with Crippen molar-refractivity contribution in [3.05, 3.63) is 73.5 Å². The summed E-state index contributed by atoms with van der Waals surface area (Å²) < 4.78 is 1.09. The number of halogens is 1. The number of thiophene rings is 2. The molecule has 0 amide bonds. The number of anilines is 1. The average Bonchev–Trinajstić information content (AvgIpc) is 3.27. The van der Waals surface area contributed by atoms with Gasteiger partial charge in [0.1, 0.15) is 0 Å². The lowest BCUT2D eigenvalue weighted by Gasteiger charge is -2.22. The van der Waals surface area contributed by atoms with E-state index < -0.39 is 0 Å². The zero-order chi connectivity index (χ0) is 14.9. The van der Waals surface area contributed by atoms with E-state index in [0.29, 0.717) is 6.04 Å². The Labute approximate surface area is 145 Å². The van der Waals surface area contributed by atoms with E-state index in [1.807, 2.05) is 0 Å². The Morgan fingerprint density at radius 3 is 2.45 bits per heavy atom. The number of nitrogens with zero attached hydrogens (tertiary/aromatic N) is 2. The minimum absolute atomic E-state index is 0.290. The predicted molar refractivity (Wildman–Crippen MR) is 99.2 cm³/mol. The standard InChI is InChI=1S/C17H13BrN2S2/c18-12-5-7-13(8-6-12)20-15(17-4-2-10-22-17)11-14(19-20)16-3-1-9-21-16/h1-10,15H,11H2/t15-/m0/s1. The van der Waals surface area contributed by atoms with Crippen molar-refractivity contribution in [2.45, 2.75) is 12.5 Å². The zero-order valence-electron chi connectivity index (χ0n) is 11.6. The zero-order valence-corrected chi connectivity index (χ0v) is 14.9. The predicted octanol–water partition coefficient (Wildman–Crippen LogP) is 5.93. The molecule has 5 heteroatoms. The molecule has 0 fully saturated rings. The number of rotatable bonds is 3. The maximum atomic E-state index is 4.92. The Kier molecular flexibility index (Phi) is 3.86. The molecule has 1 aliphatic rings. The molecule has 2 nitrogen and oxygen atoms in total. The van der Waals surface area contributed by atoms with Gasteiger partial charge in [-0.3, -0.25) is 5.01 Å². The molecule has 0 saturated carbocycles. The van der Waals surface area contributed by atoms with Crippen molar-refractivity contribution in [3.8, 4) is 0 Å². The lowest BCUT2D eigenvalue weighted by molar-refractivity contribution is 0.722. The molecule has 1 aliphatic heterocycles. The van der Waals surface area contributed by atoms with Crippen LogP contribution < -0.4 is 5.01 Å². The number of hydrogen-bond acceptors (Lipinski definition) is 4. The molecule has 0 radical (unpaired) electrons. The summed E-state index contributed by atoms with van der Waals surface area (Å²) >= 11 is 7.06. The van der Waals surface area contributed by atoms with E-state index in [1.54, 1.807) is 22.7 Å². The Morgan fingerprint density at radius 2 is 1.77 bits per heavy atom. The van der Waals surface area contributed by atoms with Crippen molar-refractivity contribution in [1.29, 1.82) is 0 Å². The van der Waals surface area contributed by atoms with Gasteiger partial charge in [0, 0.05) is 15.8 Å². The van der Waals surface area contributed by atoms with Crippen LogP contribution in [-0.4, -0.2) is 5.71 Å². The van der Waals surface area contributed by atoms with Crippen LogP contribution >= 0.6 is 38.6 Å². The van der Waals surface area contributed by atoms with E-state index in [1.165, 1.54) is 15.5 Å². The van der Waals surface area contributed by atoms with E-state index in [4.69, 9.17) is 5.10 Å². The normalized spacial score (nSPS) is 17.8. The molecule has 0 aliphatic carbocycles. The highest BCUT2D eigenvalue weighted by Gasteiger charge is 2.30. The summed E-state index contributed by atoms with van der Waals surface area (Å²) in [7, 11) is 0. The molecule has 1 aromatic carbocycles. The van der Waals surface area contributed by atoms with Gasteiger partial charge in [0.2, 0.25) is 0 Å². The number of hydrazone groups is 1. The molecule has 110 valence electrons. The van der Waals surface area contributed by atoms with Crippen molar-refractivity contribution in [2.24, 2.45) is 5.10 Å². The van der Waals surface area contributed by atoms with Gasteiger partial charge < -0.3 is 0 Å². The quantitative estimate of drug-likeness (QED) is 0.542. The Morgan fingerprint density at radius 1 is 1.00 bits per heavy atom.